The molecule has 14 heavy (non-hydrogen) atoms. The van der Waals surface area contributed by atoms with Gasteiger partial charge >= 0.3 is 5.97 Å². The Morgan fingerprint density at radius 1 is 1.50 bits per heavy atom. The van der Waals surface area contributed by atoms with Gasteiger partial charge in [-0.2, -0.15) is 0 Å². The molecule has 0 aromatic carbocycles. The summed E-state index contributed by atoms with van der Waals surface area (Å²) in [6.45, 7) is 3.93. The maximum Gasteiger partial charge on any atom is 0.330 e. The van der Waals surface area contributed by atoms with E-state index in [1.54, 1.807) is 0 Å². The van der Waals surface area contributed by atoms with Crippen molar-refractivity contribution in [2.24, 2.45) is 17.8 Å². The van der Waals surface area contributed by atoms with E-state index in [1.165, 1.54) is 18.9 Å². The van der Waals surface area contributed by atoms with Gasteiger partial charge in [-0.3, -0.25) is 0 Å². The average molecular weight is 194 g/mol. The van der Waals surface area contributed by atoms with E-state index in [9.17, 15) is 4.79 Å². The lowest BCUT2D eigenvalue weighted by atomic mass is 9.89. The van der Waals surface area contributed by atoms with E-state index in [2.05, 4.69) is 6.58 Å². The third kappa shape index (κ3) is 1.12. The Morgan fingerprint density at radius 2 is 2.36 bits per heavy atom. The molecule has 0 aromatic rings. The summed E-state index contributed by atoms with van der Waals surface area (Å²) in [5.74, 6) is 1.63. The van der Waals surface area contributed by atoms with Gasteiger partial charge in [-0.15, -0.1) is 0 Å². The van der Waals surface area contributed by atoms with Crippen LogP contribution in [0.15, 0.2) is 12.7 Å². The highest BCUT2D eigenvalue weighted by atomic mass is 16.6. The lowest BCUT2D eigenvalue weighted by Crippen LogP contribution is -2.23. The van der Waals surface area contributed by atoms with Crippen LogP contribution in [-0.2, 0) is 14.3 Å². The molecule has 0 radical (unpaired) electrons. The number of carbonyl (C=O) groups excluding carboxylic acids is 1. The van der Waals surface area contributed by atoms with Gasteiger partial charge in [-0.1, -0.05) is 6.58 Å². The molecule has 3 fully saturated rings. The highest BCUT2D eigenvalue weighted by Crippen LogP contribution is 2.58. The largest absolute Gasteiger partial charge is 0.462 e. The maximum absolute atomic E-state index is 10.9. The highest BCUT2D eigenvalue weighted by molar-refractivity contribution is 5.81. The molecule has 5 atom stereocenters. The van der Waals surface area contributed by atoms with Gasteiger partial charge < -0.3 is 9.47 Å². The summed E-state index contributed by atoms with van der Waals surface area (Å²) in [6.07, 6.45) is 4.75. The normalized spacial score (nSPS) is 47.3. The van der Waals surface area contributed by atoms with Crippen LogP contribution in [0.5, 0.6) is 0 Å². The second-order valence-electron chi connectivity index (χ2n) is 4.55. The molecular formula is C11H14O3. The number of epoxide rings is 1. The summed E-state index contributed by atoms with van der Waals surface area (Å²) in [5, 5.41) is 0. The average Bonchev–Trinajstić information content (AvgIpc) is 2.82. The molecule has 0 spiro atoms. The first-order valence-electron chi connectivity index (χ1n) is 5.24. The molecule has 2 saturated carbocycles. The molecule has 1 heterocycles. The van der Waals surface area contributed by atoms with Gasteiger partial charge in [0.15, 0.2) is 0 Å². The van der Waals surface area contributed by atoms with Gasteiger partial charge in [-0.25, -0.2) is 4.79 Å². The monoisotopic (exact) mass is 194 g/mol. The molecule has 3 nitrogen and oxygen atoms in total. The molecule has 3 rings (SSSR count). The van der Waals surface area contributed by atoms with E-state index in [4.69, 9.17) is 9.47 Å². The third-order valence-corrected chi connectivity index (χ3v) is 3.84. The standard InChI is InChI=1S/C11H14O3/c1-2-9(12)13-5-7-3-6-4-8(7)11-10(6)14-11/h2,6-8,10-11H,1,3-5H2. The minimum atomic E-state index is -0.305. The Balaban J connectivity index is 1.55. The Kier molecular flexibility index (Phi) is 1.71. The van der Waals surface area contributed by atoms with Crippen molar-refractivity contribution < 1.29 is 14.3 Å². The van der Waals surface area contributed by atoms with E-state index < -0.39 is 0 Å². The van der Waals surface area contributed by atoms with Crippen LogP contribution < -0.4 is 0 Å². The number of hydrogen-bond donors (Lipinski definition) is 0. The molecule has 2 bridgehead atoms. The molecule has 0 aromatic heterocycles. The van der Waals surface area contributed by atoms with Gasteiger partial charge in [0.1, 0.15) is 0 Å². The number of hydrogen-bond acceptors (Lipinski definition) is 3. The first kappa shape index (κ1) is 8.48. The van der Waals surface area contributed by atoms with Crippen molar-refractivity contribution in [3.63, 3.8) is 0 Å². The van der Waals surface area contributed by atoms with Gasteiger partial charge in [-0.05, 0) is 30.6 Å². The summed E-state index contributed by atoms with van der Waals surface area (Å²) in [6, 6.07) is 0. The van der Waals surface area contributed by atoms with Crippen LogP contribution in [0.1, 0.15) is 12.8 Å². The Labute approximate surface area is 83.1 Å². The summed E-state index contributed by atoms with van der Waals surface area (Å²) >= 11 is 0. The molecule has 5 unspecified atom stereocenters. The van der Waals surface area contributed by atoms with Crippen LogP contribution in [-0.4, -0.2) is 24.8 Å². The lowest BCUT2D eigenvalue weighted by Gasteiger charge is -2.18. The van der Waals surface area contributed by atoms with Gasteiger partial charge in [0, 0.05) is 6.08 Å². The number of rotatable bonds is 3. The van der Waals surface area contributed by atoms with Crippen LogP contribution in [0, 0.1) is 17.8 Å². The van der Waals surface area contributed by atoms with Crippen molar-refractivity contribution in [3.8, 4) is 0 Å². The van der Waals surface area contributed by atoms with Gasteiger partial charge in [0.25, 0.3) is 0 Å². The van der Waals surface area contributed by atoms with Crippen LogP contribution in [0.25, 0.3) is 0 Å². The van der Waals surface area contributed by atoms with Crippen LogP contribution >= 0.6 is 0 Å². The van der Waals surface area contributed by atoms with Crippen LogP contribution in [0.4, 0.5) is 0 Å². The van der Waals surface area contributed by atoms with E-state index in [0.29, 0.717) is 30.7 Å². The summed E-state index contributed by atoms with van der Waals surface area (Å²) in [4.78, 5) is 10.9. The second kappa shape index (κ2) is 2.83. The van der Waals surface area contributed by atoms with E-state index >= 15 is 0 Å². The minimum absolute atomic E-state index is 0.305. The van der Waals surface area contributed by atoms with Crippen molar-refractivity contribution in [2.75, 3.05) is 6.61 Å². The Bertz CT molecular complexity index is 286. The Morgan fingerprint density at radius 3 is 3.00 bits per heavy atom. The number of carbonyl (C=O) groups is 1. The lowest BCUT2D eigenvalue weighted by molar-refractivity contribution is -0.139. The molecule has 1 aliphatic heterocycles. The van der Waals surface area contributed by atoms with Gasteiger partial charge in [0.05, 0.1) is 18.8 Å². The zero-order valence-electron chi connectivity index (χ0n) is 8.02. The minimum Gasteiger partial charge on any atom is -0.462 e. The number of esters is 1. The number of fused-ring (bicyclic) bond motifs is 5. The fourth-order valence-corrected chi connectivity index (χ4v) is 3.17. The van der Waals surface area contributed by atoms with E-state index in [-0.39, 0.29) is 5.97 Å². The van der Waals surface area contributed by atoms with E-state index in [1.807, 2.05) is 0 Å². The van der Waals surface area contributed by atoms with Crippen molar-refractivity contribution in [1.82, 2.24) is 0 Å². The summed E-state index contributed by atoms with van der Waals surface area (Å²) in [7, 11) is 0. The molecule has 76 valence electrons. The first-order valence-corrected chi connectivity index (χ1v) is 5.24. The van der Waals surface area contributed by atoms with Crippen molar-refractivity contribution in [2.45, 2.75) is 25.0 Å². The quantitative estimate of drug-likeness (QED) is 0.384. The smallest absolute Gasteiger partial charge is 0.330 e. The fourth-order valence-electron chi connectivity index (χ4n) is 3.17. The fraction of sp³-hybridized carbons (Fsp3) is 0.727. The topological polar surface area (TPSA) is 38.8 Å². The summed E-state index contributed by atoms with van der Waals surface area (Å²) < 4.78 is 10.6. The first-order chi connectivity index (χ1) is 6.79. The van der Waals surface area contributed by atoms with Crippen molar-refractivity contribution in [3.05, 3.63) is 12.7 Å². The molecule has 1 saturated heterocycles. The number of ether oxygens (including phenoxy) is 2. The predicted molar refractivity (Wildman–Crippen MR) is 49.5 cm³/mol. The molecule has 2 aliphatic carbocycles. The second-order valence-corrected chi connectivity index (χ2v) is 4.55. The van der Waals surface area contributed by atoms with Crippen molar-refractivity contribution >= 4 is 5.97 Å². The molecule has 3 heteroatoms. The molecule has 3 aliphatic rings. The van der Waals surface area contributed by atoms with Crippen molar-refractivity contribution in [1.29, 1.82) is 0 Å². The molecule has 0 N–H and O–H groups in total. The SMILES string of the molecule is C=CC(=O)OCC1CC2CC1C1OC21. The maximum atomic E-state index is 10.9. The highest BCUT2D eigenvalue weighted by Gasteiger charge is 2.63. The van der Waals surface area contributed by atoms with E-state index in [0.717, 1.165) is 5.92 Å². The predicted octanol–water partition coefficient (Wildman–Crippen LogP) is 1.14. The molecular weight excluding hydrogens is 180 g/mol. The molecule has 0 amide bonds. The zero-order valence-corrected chi connectivity index (χ0v) is 8.02. The van der Waals surface area contributed by atoms with Crippen LogP contribution in [0.2, 0.25) is 0 Å². The summed E-state index contributed by atoms with van der Waals surface area (Å²) in [5.41, 5.74) is 0. The Hall–Kier alpha value is -0.830. The third-order valence-electron chi connectivity index (χ3n) is 3.84. The van der Waals surface area contributed by atoms with Gasteiger partial charge in [0.2, 0.25) is 0 Å². The van der Waals surface area contributed by atoms with Crippen LogP contribution in [0.3, 0.4) is 0 Å². The zero-order chi connectivity index (χ0) is 9.71.